The van der Waals surface area contributed by atoms with Crippen molar-refractivity contribution in [3.63, 3.8) is 0 Å². The minimum Gasteiger partial charge on any atom is -1.00 e. The molecule has 0 spiro atoms. The van der Waals surface area contributed by atoms with Crippen LogP contribution in [0.5, 0.6) is 0 Å². The van der Waals surface area contributed by atoms with Gasteiger partial charge in [0.05, 0.1) is 0 Å². The predicted octanol–water partition coefficient (Wildman–Crippen LogP) is 8.02. The summed E-state index contributed by atoms with van der Waals surface area (Å²) < 4.78 is 0. The fourth-order valence-corrected chi connectivity index (χ4v) is 4.25. The van der Waals surface area contributed by atoms with Gasteiger partial charge in [-0.15, -0.1) is 0 Å². The van der Waals surface area contributed by atoms with Gasteiger partial charge >= 0.3 is 35.0 Å². The van der Waals surface area contributed by atoms with Crippen molar-refractivity contribution in [1.82, 2.24) is 0 Å². The second-order valence-electron chi connectivity index (χ2n) is 10.7. The van der Waals surface area contributed by atoms with E-state index >= 15 is 0 Å². The topological polar surface area (TPSA) is 74.6 Å². The first-order valence-corrected chi connectivity index (χ1v) is 16.7. The van der Waals surface area contributed by atoms with Crippen LogP contribution in [0.3, 0.4) is 0 Å². The van der Waals surface area contributed by atoms with Crippen LogP contribution in [0.2, 0.25) is 0 Å². The zero-order chi connectivity index (χ0) is 28.4. The summed E-state index contributed by atoms with van der Waals surface area (Å²) in [5.41, 5.74) is 0. The summed E-state index contributed by atoms with van der Waals surface area (Å²) in [4.78, 5) is 20.5. The van der Waals surface area contributed by atoms with E-state index in [-0.39, 0.29) is 40.0 Å². The first kappa shape index (κ1) is 49.3. The van der Waals surface area contributed by atoms with Gasteiger partial charge in [0.25, 0.3) is 0 Å². The molecule has 39 heavy (non-hydrogen) atoms. The first-order valence-electron chi connectivity index (χ1n) is 15.6. The number of carbonyl (C=O) groups is 2. The van der Waals surface area contributed by atoms with Crippen LogP contribution in [-0.2, 0) is 9.59 Å². The Hall–Kier alpha value is 0.666. The van der Waals surface area contributed by atoms with E-state index in [1.54, 1.807) is 0 Å². The standard InChI is InChI=1S/C16H32O2.C12H23BrO2.C4H9.BrH.Mg/c1-15(2)13-11-9-7-5-3-4-6-8-10-12-14-16(17)18;13-11-9-7-5-3-1-2-4-6-8-10-12(14)15;1-3-4-2;;/h15H,3-14H2,1-2H3,(H,17,18);1-11H2,(H,14,15);3H,4H2,1-2H3;1H;/q;;-1;;+2/p-1. The molecule has 0 aromatic carbocycles. The minimum atomic E-state index is -0.662. The normalized spacial score (nSPS) is 9.90. The van der Waals surface area contributed by atoms with E-state index in [1.807, 2.05) is 0 Å². The van der Waals surface area contributed by atoms with Crippen molar-refractivity contribution in [1.29, 1.82) is 0 Å². The summed E-state index contributed by atoms with van der Waals surface area (Å²) in [5, 5.41) is 18.1. The van der Waals surface area contributed by atoms with E-state index in [2.05, 4.69) is 50.0 Å². The molecule has 0 heterocycles. The van der Waals surface area contributed by atoms with E-state index in [9.17, 15) is 9.59 Å². The molecule has 0 amide bonds. The molecule has 0 aliphatic rings. The average molecular weight is 697 g/mol. The van der Waals surface area contributed by atoms with Crippen molar-refractivity contribution in [2.75, 3.05) is 5.33 Å². The summed E-state index contributed by atoms with van der Waals surface area (Å²) >= 11 is 3.42. The average Bonchev–Trinajstić information content (AvgIpc) is 2.86. The fourth-order valence-electron chi connectivity index (χ4n) is 3.85. The molecule has 0 aliphatic carbocycles. The molecule has 2 N–H and O–H groups in total. The molecule has 0 unspecified atom stereocenters. The van der Waals surface area contributed by atoms with E-state index in [4.69, 9.17) is 10.2 Å². The van der Waals surface area contributed by atoms with Gasteiger partial charge in [0.2, 0.25) is 0 Å². The Kier molecular flexibility index (Phi) is 57.8. The Bertz CT molecular complexity index is 450. The van der Waals surface area contributed by atoms with Crippen molar-refractivity contribution >= 4 is 50.9 Å². The molecule has 0 fully saturated rings. The van der Waals surface area contributed by atoms with Crippen LogP contribution in [0, 0.1) is 12.3 Å². The molecule has 232 valence electrons. The maximum Gasteiger partial charge on any atom is 2.00 e. The largest absolute Gasteiger partial charge is 2.00 e. The zero-order valence-electron chi connectivity index (χ0n) is 26.3. The Morgan fingerprint density at radius 3 is 1.10 bits per heavy atom. The molecule has 0 radical (unpaired) electrons. The number of hydrogen-bond acceptors (Lipinski definition) is 2. The van der Waals surface area contributed by atoms with Crippen LogP contribution in [0.25, 0.3) is 0 Å². The molecule has 0 aromatic heterocycles. The van der Waals surface area contributed by atoms with Crippen molar-refractivity contribution in [3.05, 3.63) is 6.42 Å². The fraction of sp³-hybridized carbons (Fsp3) is 0.906. The summed E-state index contributed by atoms with van der Waals surface area (Å²) in [7, 11) is 0. The van der Waals surface area contributed by atoms with E-state index < -0.39 is 11.9 Å². The monoisotopic (exact) mass is 694 g/mol. The maximum atomic E-state index is 10.3. The third kappa shape index (κ3) is 63.3. The molecule has 0 atom stereocenters. The number of halogens is 2. The molecular formula is C32H64Br2MgO4. The van der Waals surface area contributed by atoms with Gasteiger partial charge in [-0.1, -0.05) is 146 Å². The second-order valence-corrected chi connectivity index (χ2v) is 11.5. The van der Waals surface area contributed by atoms with E-state index in [0.717, 1.165) is 36.9 Å². The number of alkyl halides is 1. The van der Waals surface area contributed by atoms with Gasteiger partial charge in [-0.2, -0.15) is 13.3 Å². The molecule has 4 nitrogen and oxygen atoms in total. The Balaban J connectivity index is -0.000000168. The predicted molar refractivity (Wildman–Crippen MR) is 171 cm³/mol. The quantitative estimate of drug-likeness (QED) is 0.0439. The van der Waals surface area contributed by atoms with Crippen LogP contribution in [-0.4, -0.2) is 50.5 Å². The Morgan fingerprint density at radius 2 is 0.872 bits per heavy atom. The Morgan fingerprint density at radius 1 is 0.615 bits per heavy atom. The van der Waals surface area contributed by atoms with Gasteiger partial charge in [-0.05, 0) is 25.2 Å². The van der Waals surface area contributed by atoms with Crippen LogP contribution in [0.4, 0.5) is 0 Å². The molecule has 0 aromatic rings. The number of carboxylic acids is 2. The van der Waals surface area contributed by atoms with Crippen LogP contribution in [0.15, 0.2) is 0 Å². The Labute approximate surface area is 279 Å². The van der Waals surface area contributed by atoms with Gasteiger partial charge in [0.1, 0.15) is 0 Å². The zero-order valence-corrected chi connectivity index (χ0v) is 30.9. The first-order chi connectivity index (χ1) is 17.8. The van der Waals surface area contributed by atoms with Gasteiger partial charge in [-0.3, -0.25) is 9.59 Å². The van der Waals surface area contributed by atoms with Gasteiger partial charge in [0, 0.05) is 18.2 Å². The molecule has 0 aliphatic heterocycles. The van der Waals surface area contributed by atoms with E-state index in [0.29, 0.717) is 12.8 Å². The molecule has 0 rings (SSSR count). The summed E-state index contributed by atoms with van der Waals surface area (Å²) in [6, 6.07) is 0. The molecule has 0 saturated heterocycles. The van der Waals surface area contributed by atoms with Crippen LogP contribution in [0.1, 0.15) is 175 Å². The maximum absolute atomic E-state index is 10.3. The SMILES string of the molecule is CC(C)CCCCCCCCCCCCC(=O)O.C[CH-]CC.O=C(O)CCCCCCCCCCCBr.[Br-].[Mg+2]. The summed E-state index contributed by atoms with van der Waals surface area (Å²) in [6.45, 7) is 8.77. The van der Waals surface area contributed by atoms with Crippen LogP contribution >= 0.6 is 15.9 Å². The number of aliphatic carboxylic acids is 2. The molecule has 7 heteroatoms. The van der Waals surface area contributed by atoms with Crippen molar-refractivity contribution in [3.8, 4) is 0 Å². The minimum absolute atomic E-state index is 0. The van der Waals surface area contributed by atoms with Crippen molar-refractivity contribution < 1.29 is 36.8 Å². The second kappa shape index (κ2) is 45.6. The third-order valence-corrected chi connectivity index (χ3v) is 6.92. The molecule has 0 bridgehead atoms. The van der Waals surface area contributed by atoms with E-state index in [1.165, 1.54) is 109 Å². The number of unbranched alkanes of at least 4 members (excludes halogenated alkanes) is 18. The molecule has 0 saturated carbocycles. The molecular weight excluding hydrogens is 632 g/mol. The summed E-state index contributed by atoms with van der Waals surface area (Å²) in [6.07, 6.45) is 29.1. The number of hydrogen-bond donors (Lipinski definition) is 2. The van der Waals surface area contributed by atoms with Gasteiger partial charge in [-0.25, -0.2) is 0 Å². The number of rotatable bonds is 25. The third-order valence-electron chi connectivity index (χ3n) is 6.35. The number of carboxylic acid groups (broad SMARTS) is 2. The van der Waals surface area contributed by atoms with Crippen LogP contribution < -0.4 is 17.0 Å². The smallest absolute Gasteiger partial charge is 1.00 e. The summed E-state index contributed by atoms with van der Waals surface area (Å²) in [5.74, 6) is -0.461. The van der Waals surface area contributed by atoms with Crippen molar-refractivity contribution in [2.45, 2.75) is 175 Å². The van der Waals surface area contributed by atoms with Gasteiger partial charge < -0.3 is 33.6 Å². The van der Waals surface area contributed by atoms with Crippen molar-refractivity contribution in [2.24, 2.45) is 5.92 Å². The van der Waals surface area contributed by atoms with Gasteiger partial charge in [0.15, 0.2) is 0 Å².